The lowest BCUT2D eigenvalue weighted by Crippen LogP contribution is -2.47. The number of anilines is 2. The third kappa shape index (κ3) is 5.16. The van der Waals surface area contributed by atoms with Crippen LogP contribution in [-0.4, -0.2) is 49.1 Å². The Bertz CT molecular complexity index is 842. The SMILES string of the molecule is CN(C)c1cc(C(F)(F)F)nc(N2CCCCC2CNC(=O)c2ccccc2)n1. The van der Waals surface area contributed by atoms with Gasteiger partial charge in [0, 0.05) is 44.9 Å². The highest BCUT2D eigenvalue weighted by Gasteiger charge is 2.35. The van der Waals surface area contributed by atoms with E-state index in [9.17, 15) is 18.0 Å². The van der Waals surface area contributed by atoms with Crippen molar-refractivity contribution in [1.29, 1.82) is 0 Å². The van der Waals surface area contributed by atoms with Gasteiger partial charge >= 0.3 is 6.18 Å². The molecule has 1 aromatic carbocycles. The molecule has 156 valence electrons. The normalized spacial score (nSPS) is 17.1. The number of rotatable bonds is 5. The van der Waals surface area contributed by atoms with Crippen LogP contribution in [0.2, 0.25) is 0 Å². The van der Waals surface area contributed by atoms with Crippen LogP contribution in [0.4, 0.5) is 24.9 Å². The first kappa shape index (κ1) is 20.9. The van der Waals surface area contributed by atoms with Crippen molar-refractivity contribution < 1.29 is 18.0 Å². The molecule has 1 amide bonds. The molecule has 9 heteroatoms. The second-order valence-corrected chi connectivity index (χ2v) is 7.22. The Kier molecular flexibility index (Phi) is 6.24. The summed E-state index contributed by atoms with van der Waals surface area (Å²) in [5.74, 6) is 0.0252. The number of carbonyl (C=O) groups is 1. The van der Waals surface area contributed by atoms with Crippen LogP contribution in [0.1, 0.15) is 35.3 Å². The summed E-state index contributed by atoms with van der Waals surface area (Å²) in [6, 6.07) is 9.59. The second kappa shape index (κ2) is 8.67. The molecule has 29 heavy (non-hydrogen) atoms. The Morgan fingerprint density at radius 2 is 1.93 bits per heavy atom. The van der Waals surface area contributed by atoms with Gasteiger partial charge in [0.2, 0.25) is 5.95 Å². The van der Waals surface area contributed by atoms with Crippen molar-refractivity contribution in [2.45, 2.75) is 31.5 Å². The third-order valence-electron chi connectivity index (χ3n) is 4.87. The number of benzene rings is 1. The first-order valence-corrected chi connectivity index (χ1v) is 9.49. The van der Waals surface area contributed by atoms with Gasteiger partial charge in [0.05, 0.1) is 0 Å². The van der Waals surface area contributed by atoms with Crippen LogP contribution in [-0.2, 0) is 6.18 Å². The van der Waals surface area contributed by atoms with Gasteiger partial charge in [-0.15, -0.1) is 0 Å². The fraction of sp³-hybridized carbons (Fsp3) is 0.450. The van der Waals surface area contributed by atoms with E-state index in [0.29, 0.717) is 18.7 Å². The maximum atomic E-state index is 13.3. The number of aromatic nitrogens is 2. The fourth-order valence-electron chi connectivity index (χ4n) is 3.30. The first-order chi connectivity index (χ1) is 13.8. The number of halogens is 3. The molecule has 0 radical (unpaired) electrons. The molecule has 0 bridgehead atoms. The minimum Gasteiger partial charge on any atom is -0.363 e. The molecule has 1 atom stereocenters. The van der Waals surface area contributed by atoms with E-state index < -0.39 is 11.9 Å². The van der Waals surface area contributed by atoms with Gasteiger partial charge in [-0.3, -0.25) is 4.79 Å². The zero-order chi connectivity index (χ0) is 21.0. The van der Waals surface area contributed by atoms with Crippen LogP contribution in [0.3, 0.4) is 0 Å². The summed E-state index contributed by atoms with van der Waals surface area (Å²) in [5.41, 5.74) is -0.427. The highest BCUT2D eigenvalue weighted by Crippen LogP contribution is 2.32. The first-order valence-electron chi connectivity index (χ1n) is 9.49. The van der Waals surface area contributed by atoms with Crippen molar-refractivity contribution >= 4 is 17.7 Å². The van der Waals surface area contributed by atoms with Crippen molar-refractivity contribution in [3.05, 3.63) is 47.7 Å². The number of piperidine rings is 1. The molecule has 1 aliphatic rings. The summed E-state index contributed by atoms with van der Waals surface area (Å²) >= 11 is 0. The van der Waals surface area contributed by atoms with Crippen LogP contribution in [0, 0.1) is 0 Å². The minimum atomic E-state index is -4.56. The average Bonchev–Trinajstić information content (AvgIpc) is 2.72. The number of hydrogen-bond donors (Lipinski definition) is 1. The van der Waals surface area contributed by atoms with Crippen molar-refractivity contribution in [2.75, 3.05) is 37.0 Å². The summed E-state index contributed by atoms with van der Waals surface area (Å²) in [6.07, 6.45) is -2.05. The highest BCUT2D eigenvalue weighted by molar-refractivity contribution is 5.94. The Morgan fingerprint density at radius 3 is 2.59 bits per heavy atom. The molecular weight excluding hydrogens is 383 g/mol. The number of amides is 1. The Labute approximate surface area is 167 Å². The van der Waals surface area contributed by atoms with Crippen LogP contribution < -0.4 is 15.1 Å². The second-order valence-electron chi connectivity index (χ2n) is 7.22. The molecule has 0 saturated carbocycles. The fourth-order valence-corrected chi connectivity index (χ4v) is 3.30. The van der Waals surface area contributed by atoms with Crippen LogP contribution in [0.15, 0.2) is 36.4 Å². The zero-order valence-electron chi connectivity index (χ0n) is 16.4. The van der Waals surface area contributed by atoms with E-state index in [1.54, 1.807) is 43.3 Å². The Balaban J connectivity index is 1.82. The van der Waals surface area contributed by atoms with Crippen LogP contribution in [0.5, 0.6) is 0 Å². The molecule has 0 spiro atoms. The van der Waals surface area contributed by atoms with E-state index in [0.717, 1.165) is 25.3 Å². The van der Waals surface area contributed by atoms with Gasteiger partial charge in [0.1, 0.15) is 5.82 Å². The van der Waals surface area contributed by atoms with Gasteiger partial charge in [-0.25, -0.2) is 4.98 Å². The number of alkyl halides is 3. The standard InChI is InChI=1S/C20H24F3N5O/c1-27(2)17-12-16(20(21,22)23)25-19(26-17)28-11-7-6-10-15(28)13-24-18(29)14-8-4-3-5-9-14/h3-5,8-9,12,15H,6-7,10-11,13H2,1-2H3,(H,24,29). The Morgan fingerprint density at radius 1 is 1.21 bits per heavy atom. The largest absolute Gasteiger partial charge is 0.433 e. The van der Waals surface area contributed by atoms with Gasteiger partial charge in [0.15, 0.2) is 5.69 Å². The van der Waals surface area contributed by atoms with Gasteiger partial charge in [-0.1, -0.05) is 18.2 Å². The molecule has 3 rings (SSSR count). The molecule has 1 saturated heterocycles. The van der Waals surface area contributed by atoms with E-state index in [1.165, 1.54) is 4.90 Å². The summed E-state index contributed by atoms with van der Waals surface area (Å²) in [4.78, 5) is 23.8. The lowest BCUT2D eigenvalue weighted by Gasteiger charge is -2.36. The van der Waals surface area contributed by atoms with Gasteiger partial charge in [-0.2, -0.15) is 18.2 Å². The summed E-state index contributed by atoms with van der Waals surface area (Å²) in [5, 5.41) is 2.88. The lowest BCUT2D eigenvalue weighted by atomic mass is 10.0. The van der Waals surface area contributed by atoms with Crippen molar-refractivity contribution in [3.8, 4) is 0 Å². The molecule has 6 nitrogen and oxygen atoms in total. The molecule has 1 unspecified atom stereocenters. The number of nitrogens with one attached hydrogen (secondary N) is 1. The monoisotopic (exact) mass is 407 g/mol. The van der Waals surface area contributed by atoms with E-state index in [2.05, 4.69) is 15.3 Å². The quantitative estimate of drug-likeness (QED) is 0.824. The molecule has 1 aliphatic heterocycles. The predicted molar refractivity (Wildman–Crippen MR) is 105 cm³/mol. The van der Waals surface area contributed by atoms with Crippen LogP contribution >= 0.6 is 0 Å². The van der Waals surface area contributed by atoms with Crippen molar-refractivity contribution in [3.63, 3.8) is 0 Å². The molecule has 1 N–H and O–H groups in total. The maximum absolute atomic E-state index is 13.3. The predicted octanol–water partition coefficient (Wildman–Crippen LogP) is 3.35. The lowest BCUT2D eigenvalue weighted by molar-refractivity contribution is -0.141. The summed E-state index contributed by atoms with van der Waals surface area (Å²) < 4.78 is 40.0. The van der Waals surface area contributed by atoms with E-state index in [-0.39, 0.29) is 23.7 Å². The van der Waals surface area contributed by atoms with Gasteiger partial charge in [0.25, 0.3) is 5.91 Å². The smallest absolute Gasteiger partial charge is 0.363 e. The average molecular weight is 407 g/mol. The topological polar surface area (TPSA) is 61.4 Å². The van der Waals surface area contributed by atoms with Gasteiger partial charge < -0.3 is 15.1 Å². The van der Waals surface area contributed by atoms with Crippen molar-refractivity contribution in [1.82, 2.24) is 15.3 Å². The molecular formula is C20H24F3N5O. The number of carbonyl (C=O) groups excluding carboxylic acids is 1. The molecule has 1 aromatic heterocycles. The molecule has 2 heterocycles. The number of hydrogen-bond acceptors (Lipinski definition) is 5. The molecule has 2 aromatic rings. The Hall–Kier alpha value is -2.84. The van der Waals surface area contributed by atoms with Gasteiger partial charge in [-0.05, 0) is 31.4 Å². The van der Waals surface area contributed by atoms with E-state index >= 15 is 0 Å². The van der Waals surface area contributed by atoms with E-state index in [4.69, 9.17) is 0 Å². The number of nitrogens with zero attached hydrogens (tertiary/aromatic N) is 4. The minimum absolute atomic E-state index is 0.0437. The van der Waals surface area contributed by atoms with Crippen LogP contribution in [0.25, 0.3) is 0 Å². The summed E-state index contributed by atoms with van der Waals surface area (Å²) in [6.45, 7) is 0.852. The van der Waals surface area contributed by atoms with Crippen molar-refractivity contribution in [2.24, 2.45) is 0 Å². The zero-order valence-corrected chi connectivity index (χ0v) is 16.4. The maximum Gasteiger partial charge on any atom is 0.433 e. The highest BCUT2D eigenvalue weighted by atomic mass is 19.4. The molecule has 0 aliphatic carbocycles. The van der Waals surface area contributed by atoms with E-state index in [1.807, 2.05) is 6.07 Å². The third-order valence-corrected chi connectivity index (χ3v) is 4.87. The molecule has 1 fully saturated rings. The summed E-state index contributed by atoms with van der Waals surface area (Å²) in [7, 11) is 3.28.